The van der Waals surface area contributed by atoms with Crippen molar-refractivity contribution in [3.8, 4) is 0 Å². The number of rotatable bonds is 4. The number of nitrogens with zero attached hydrogens (tertiary/aromatic N) is 1. The lowest BCUT2D eigenvalue weighted by Crippen LogP contribution is -2.98. The first kappa shape index (κ1) is 17.5. The molecule has 134 valence electrons. The molecule has 3 rings (SSSR count). The molecule has 0 aromatic heterocycles. The van der Waals surface area contributed by atoms with Gasteiger partial charge in [-0.15, -0.1) is 0 Å². The van der Waals surface area contributed by atoms with Gasteiger partial charge in [-0.1, -0.05) is 19.1 Å². The average molecular weight is 349 g/mol. The van der Waals surface area contributed by atoms with Crippen molar-refractivity contribution in [3.05, 3.63) is 35.6 Å². The van der Waals surface area contributed by atoms with E-state index in [1.54, 1.807) is 17.4 Å². The van der Waals surface area contributed by atoms with E-state index in [4.69, 9.17) is 4.74 Å². The Hall–Kier alpha value is -2.28. The number of ether oxygens (including phenoxy) is 1. The first-order valence-electron chi connectivity index (χ1n) is 8.38. The number of benzene rings is 1. The van der Waals surface area contributed by atoms with E-state index in [9.17, 15) is 18.8 Å². The number of hydrogen-bond acceptors (Lipinski definition) is 4. The van der Waals surface area contributed by atoms with Crippen molar-refractivity contribution >= 4 is 17.8 Å². The summed E-state index contributed by atoms with van der Waals surface area (Å²) < 4.78 is 18.3. The summed E-state index contributed by atoms with van der Waals surface area (Å²) in [5, 5.41) is 1.79. The van der Waals surface area contributed by atoms with Crippen molar-refractivity contribution < 1.29 is 28.8 Å². The van der Waals surface area contributed by atoms with Gasteiger partial charge in [0, 0.05) is 19.0 Å². The van der Waals surface area contributed by atoms with Gasteiger partial charge in [0.25, 0.3) is 0 Å². The smallest absolute Gasteiger partial charge is 0.368 e. The summed E-state index contributed by atoms with van der Waals surface area (Å²) in [6, 6.07) is 5.41. The molecule has 2 saturated heterocycles. The lowest BCUT2D eigenvalue weighted by Gasteiger charge is -2.28. The van der Waals surface area contributed by atoms with Gasteiger partial charge in [-0.25, -0.2) is 9.18 Å². The zero-order chi connectivity index (χ0) is 18.4. The number of carbonyl (C=O) groups is 3. The Morgan fingerprint density at radius 3 is 2.48 bits per heavy atom. The van der Waals surface area contributed by atoms with Gasteiger partial charge in [-0.05, 0) is 18.6 Å². The Balaban J connectivity index is 2.13. The first-order chi connectivity index (χ1) is 11.9. The topological polar surface area (TPSA) is 80.3 Å². The average Bonchev–Trinajstić information content (AvgIpc) is 3.06. The fourth-order valence-electron chi connectivity index (χ4n) is 4.39. The van der Waals surface area contributed by atoms with E-state index in [1.165, 1.54) is 26.3 Å². The standard InChI is InChI=1S/C18H21FN2O4/c1-4-9-18(17(24)25-3)13-12(15(22)21(2)16(13)23)14(20-18)10-5-7-11(19)8-6-10/h5-8,12-14,20H,4,9H2,1-3H3/p+1/t12-,13+,14-,18+/m0/s1. The number of fused-ring (bicyclic) bond motifs is 1. The molecule has 0 radical (unpaired) electrons. The number of esters is 1. The van der Waals surface area contributed by atoms with Crippen LogP contribution in [0.25, 0.3) is 0 Å². The predicted molar refractivity (Wildman–Crippen MR) is 85.5 cm³/mol. The molecule has 0 unspecified atom stereocenters. The summed E-state index contributed by atoms with van der Waals surface area (Å²) in [6.07, 6.45) is 1.08. The van der Waals surface area contributed by atoms with E-state index in [1.807, 2.05) is 6.92 Å². The minimum atomic E-state index is -1.13. The van der Waals surface area contributed by atoms with Crippen LogP contribution in [0.3, 0.4) is 0 Å². The van der Waals surface area contributed by atoms with Crippen LogP contribution in [-0.4, -0.2) is 42.4 Å². The highest BCUT2D eigenvalue weighted by Crippen LogP contribution is 2.45. The van der Waals surface area contributed by atoms with Gasteiger partial charge < -0.3 is 10.1 Å². The van der Waals surface area contributed by atoms with Crippen LogP contribution in [0.1, 0.15) is 31.4 Å². The van der Waals surface area contributed by atoms with Crippen LogP contribution >= 0.6 is 0 Å². The number of methoxy groups -OCH3 is 1. The van der Waals surface area contributed by atoms with Crippen LogP contribution in [0.5, 0.6) is 0 Å². The zero-order valence-corrected chi connectivity index (χ0v) is 14.5. The van der Waals surface area contributed by atoms with Crippen molar-refractivity contribution in [2.45, 2.75) is 31.3 Å². The van der Waals surface area contributed by atoms with E-state index in [0.29, 0.717) is 12.8 Å². The second kappa shape index (κ2) is 6.22. The van der Waals surface area contributed by atoms with Crippen LogP contribution in [0, 0.1) is 17.7 Å². The number of halogens is 1. The van der Waals surface area contributed by atoms with Gasteiger partial charge >= 0.3 is 5.97 Å². The van der Waals surface area contributed by atoms with Gasteiger partial charge in [0.1, 0.15) is 23.7 Å². The highest BCUT2D eigenvalue weighted by molar-refractivity contribution is 6.08. The number of hydrogen-bond donors (Lipinski definition) is 1. The summed E-state index contributed by atoms with van der Waals surface area (Å²) in [4.78, 5) is 39.2. The monoisotopic (exact) mass is 349 g/mol. The third kappa shape index (κ3) is 2.45. The molecule has 2 aliphatic rings. The molecule has 2 fully saturated rings. The fraction of sp³-hybridized carbons (Fsp3) is 0.500. The molecule has 0 spiro atoms. The molecule has 0 aliphatic carbocycles. The molecule has 0 saturated carbocycles. The minimum absolute atomic E-state index is 0.303. The number of imide groups is 1. The molecule has 2 heterocycles. The van der Waals surface area contributed by atoms with E-state index in [2.05, 4.69) is 0 Å². The molecular weight excluding hydrogens is 327 g/mol. The number of carbonyl (C=O) groups excluding carboxylic acids is 3. The Labute approximate surface area is 145 Å². The number of quaternary nitrogens is 1. The normalized spacial score (nSPS) is 31.4. The van der Waals surface area contributed by atoms with Gasteiger partial charge in [-0.2, -0.15) is 0 Å². The maximum absolute atomic E-state index is 13.3. The van der Waals surface area contributed by atoms with Crippen LogP contribution in [0.15, 0.2) is 24.3 Å². The molecule has 6 nitrogen and oxygen atoms in total. The largest absolute Gasteiger partial charge is 0.464 e. The quantitative estimate of drug-likeness (QED) is 0.630. The highest BCUT2D eigenvalue weighted by Gasteiger charge is 2.71. The molecule has 25 heavy (non-hydrogen) atoms. The lowest BCUT2D eigenvalue weighted by atomic mass is 9.77. The second-order valence-corrected chi connectivity index (χ2v) is 6.76. The van der Waals surface area contributed by atoms with E-state index < -0.39 is 29.4 Å². The minimum Gasteiger partial charge on any atom is -0.464 e. The Kier molecular flexibility index (Phi) is 4.36. The van der Waals surface area contributed by atoms with E-state index in [-0.39, 0.29) is 17.6 Å². The van der Waals surface area contributed by atoms with Gasteiger partial charge in [-0.3, -0.25) is 14.5 Å². The van der Waals surface area contributed by atoms with Crippen molar-refractivity contribution in [3.63, 3.8) is 0 Å². The molecule has 1 aromatic carbocycles. The van der Waals surface area contributed by atoms with Gasteiger partial charge in [0.05, 0.1) is 7.11 Å². The third-order valence-corrected chi connectivity index (χ3v) is 5.47. The molecule has 1 aromatic rings. The molecule has 4 atom stereocenters. The summed E-state index contributed by atoms with van der Waals surface area (Å²) in [6.45, 7) is 1.92. The maximum Gasteiger partial charge on any atom is 0.368 e. The predicted octanol–water partition coefficient (Wildman–Crippen LogP) is 0.387. The molecule has 7 heteroatoms. The van der Waals surface area contributed by atoms with Crippen LogP contribution in [0.2, 0.25) is 0 Å². The maximum atomic E-state index is 13.3. The van der Waals surface area contributed by atoms with E-state index in [0.717, 1.165) is 10.5 Å². The highest BCUT2D eigenvalue weighted by atomic mass is 19.1. The van der Waals surface area contributed by atoms with Crippen LogP contribution in [-0.2, 0) is 19.1 Å². The van der Waals surface area contributed by atoms with Crippen molar-refractivity contribution in [2.75, 3.05) is 14.2 Å². The lowest BCUT2D eigenvalue weighted by molar-refractivity contribution is -0.735. The summed E-state index contributed by atoms with van der Waals surface area (Å²) >= 11 is 0. The summed E-state index contributed by atoms with van der Waals surface area (Å²) in [7, 11) is 2.73. The number of amides is 2. The van der Waals surface area contributed by atoms with Gasteiger partial charge in [0.2, 0.25) is 17.4 Å². The molecule has 0 bridgehead atoms. The Morgan fingerprint density at radius 1 is 1.28 bits per heavy atom. The zero-order valence-electron chi connectivity index (χ0n) is 14.5. The fourth-order valence-corrected chi connectivity index (χ4v) is 4.39. The number of likely N-dealkylation sites (tertiary alicyclic amines) is 1. The van der Waals surface area contributed by atoms with Crippen LogP contribution < -0.4 is 5.32 Å². The summed E-state index contributed by atoms with van der Waals surface area (Å²) in [5.41, 5.74) is -0.417. The Morgan fingerprint density at radius 2 is 1.92 bits per heavy atom. The second-order valence-electron chi connectivity index (χ2n) is 6.76. The molecule has 2 amide bonds. The van der Waals surface area contributed by atoms with E-state index >= 15 is 0 Å². The first-order valence-corrected chi connectivity index (χ1v) is 8.38. The van der Waals surface area contributed by atoms with Gasteiger partial charge in [0.15, 0.2) is 0 Å². The number of nitrogens with two attached hydrogens (primary N) is 1. The summed E-state index contributed by atoms with van der Waals surface area (Å²) in [5.74, 6) is -2.96. The molecule has 2 aliphatic heterocycles. The van der Waals surface area contributed by atoms with Crippen molar-refractivity contribution in [1.29, 1.82) is 0 Å². The SMILES string of the molecule is CCC[C@@]1(C(=O)OC)[NH2+][C@@H](c2ccc(F)cc2)[C@H]2C(=O)N(C)C(=O)[C@@H]21. The Bertz CT molecular complexity index is 720. The van der Waals surface area contributed by atoms with Crippen molar-refractivity contribution in [1.82, 2.24) is 4.90 Å². The van der Waals surface area contributed by atoms with Crippen LogP contribution in [0.4, 0.5) is 4.39 Å². The third-order valence-electron chi connectivity index (χ3n) is 5.47. The molecule has 2 N–H and O–H groups in total. The van der Waals surface area contributed by atoms with Crippen molar-refractivity contribution in [2.24, 2.45) is 11.8 Å². The molecular formula is C18H22FN2O4+.